The highest BCUT2D eigenvalue weighted by Crippen LogP contribution is 2.41. The van der Waals surface area contributed by atoms with Gasteiger partial charge in [-0.05, 0) is 36.6 Å². The van der Waals surface area contributed by atoms with Crippen LogP contribution in [0.5, 0.6) is 0 Å². The van der Waals surface area contributed by atoms with E-state index in [0.29, 0.717) is 11.5 Å². The van der Waals surface area contributed by atoms with Crippen molar-refractivity contribution < 1.29 is 23.5 Å². The van der Waals surface area contributed by atoms with Gasteiger partial charge in [-0.3, -0.25) is 9.59 Å². The molecule has 1 aromatic heterocycles. The average molecular weight is 416 g/mol. The summed E-state index contributed by atoms with van der Waals surface area (Å²) in [5, 5.41) is 2.44. The Morgan fingerprint density at radius 2 is 2.07 bits per heavy atom. The summed E-state index contributed by atoms with van der Waals surface area (Å²) in [6.45, 7) is 4.91. The predicted molar refractivity (Wildman–Crippen MR) is 110 cm³/mol. The number of carbonyl (C=O) groups excluding carboxylic acids is 3. The summed E-state index contributed by atoms with van der Waals surface area (Å²) in [4.78, 5) is 38.5. The van der Waals surface area contributed by atoms with Gasteiger partial charge in [-0.2, -0.15) is 0 Å². The van der Waals surface area contributed by atoms with Crippen LogP contribution < -0.4 is 5.32 Å². The summed E-state index contributed by atoms with van der Waals surface area (Å²) in [5.41, 5.74) is 2.71. The van der Waals surface area contributed by atoms with E-state index in [1.54, 1.807) is 12.1 Å². The van der Waals surface area contributed by atoms with Gasteiger partial charge >= 0.3 is 5.97 Å². The number of thioether (sulfide) groups is 1. The lowest BCUT2D eigenvalue weighted by atomic mass is 10.1. The third kappa shape index (κ3) is 4.64. The van der Waals surface area contributed by atoms with E-state index in [2.05, 4.69) is 5.32 Å². The van der Waals surface area contributed by atoms with Gasteiger partial charge in [-0.15, -0.1) is 11.8 Å². The lowest BCUT2D eigenvalue weighted by Crippen LogP contribution is -2.43. The Morgan fingerprint density at radius 3 is 2.72 bits per heavy atom. The summed E-state index contributed by atoms with van der Waals surface area (Å²) in [6, 6.07) is 8.54. The molecule has 0 unspecified atom stereocenters. The number of rotatable bonds is 6. The normalized spacial score (nSPS) is 18.5. The van der Waals surface area contributed by atoms with Crippen molar-refractivity contribution in [3.8, 4) is 0 Å². The minimum Gasteiger partial charge on any atom is -0.466 e. The van der Waals surface area contributed by atoms with Crippen molar-refractivity contribution >= 4 is 35.2 Å². The second-order valence-corrected chi connectivity index (χ2v) is 7.87. The Kier molecular flexibility index (Phi) is 6.64. The van der Waals surface area contributed by atoms with Crippen LogP contribution in [0.25, 0.3) is 0 Å². The van der Waals surface area contributed by atoms with E-state index in [4.69, 9.17) is 9.15 Å². The summed E-state index contributed by atoms with van der Waals surface area (Å²) >= 11 is 1.43. The first kappa shape index (κ1) is 21.0. The number of benzene rings is 1. The molecule has 1 aliphatic rings. The van der Waals surface area contributed by atoms with Crippen molar-refractivity contribution in [2.75, 3.05) is 17.7 Å². The fourth-order valence-electron chi connectivity index (χ4n) is 3.33. The maximum Gasteiger partial charge on any atom is 0.330 e. The van der Waals surface area contributed by atoms with Crippen LogP contribution in [0.4, 0.5) is 5.69 Å². The highest BCUT2D eigenvalue weighted by Gasteiger charge is 2.43. The molecule has 2 heterocycles. The molecule has 0 aliphatic carbocycles. The molecule has 7 nitrogen and oxygen atoms in total. The lowest BCUT2D eigenvalue weighted by Gasteiger charge is -2.25. The number of hydrogen-bond acceptors (Lipinski definition) is 6. The number of carbonyl (C=O) groups is 3. The average Bonchev–Trinajstić information content (AvgIpc) is 3.37. The van der Waals surface area contributed by atoms with E-state index in [-0.39, 0.29) is 11.3 Å². The van der Waals surface area contributed by atoms with Gasteiger partial charge < -0.3 is 19.4 Å². The second kappa shape index (κ2) is 9.17. The van der Waals surface area contributed by atoms with Crippen LogP contribution in [0.2, 0.25) is 0 Å². The zero-order chi connectivity index (χ0) is 21.0. The number of ether oxygens (including phenoxy) is 1. The molecule has 8 heteroatoms. The zero-order valence-corrected chi connectivity index (χ0v) is 17.5. The topological polar surface area (TPSA) is 88.8 Å². The van der Waals surface area contributed by atoms with Crippen LogP contribution in [0.3, 0.4) is 0 Å². The SMILES string of the molecule is CCc1cccc(C)c1NC(=O)COC(=O)[C@H]1CS[C@@H](c2ccco2)N1C(C)=O. The van der Waals surface area contributed by atoms with Crippen LogP contribution in [-0.2, 0) is 25.5 Å². The number of nitrogens with zero attached hydrogens (tertiary/aromatic N) is 1. The Hall–Kier alpha value is -2.74. The molecule has 0 bridgehead atoms. The van der Waals surface area contributed by atoms with Gasteiger partial charge in [0.05, 0.1) is 6.26 Å². The van der Waals surface area contributed by atoms with Gasteiger partial charge in [0.1, 0.15) is 17.2 Å². The van der Waals surface area contributed by atoms with Crippen LogP contribution in [0, 0.1) is 6.92 Å². The molecule has 2 atom stereocenters. The van der Waals surface area contributed by atoms with Crippen molar-refractivity contribution in [1.82, 2.24) is 4.90 Å². The summed E-state index contributed by atoms with van der Waals surface area (Å²) < 4.78 is 10.6. The fourth-order valence-corrected chi connectivity index (χ4v) is 4.75. The maximum atomic E-state index is 12.6. The second-order valence-electron chi connectivity index (χ2n) is 6.76. The van der Waals surface area contributed by atoms with Crippen LogP contribution in [0.15, 0.2) is 41.0 Å². The molecule has 2 aromatic rings. The standard InChI is InChI=1S/C21H24N2O5S/c1-4-15-8-5-7-13(2)19(15)22-18(25)11-28-21(26)16-12-29-20(23(16)14(3)24)17-9-6-10-27-17/h5-10,16,20H,4,11-12H2,1-3H3,(H,22,25)/t16-,20+/m1/s1. The van der Waals surface area contributed by atoms with Crippen molar-refractivity contribution in [2.45, 2.75) is 38.6 Å². The molecule has 1 aliphatic heterocycles. The van der Waals surface area contributed by atoms with Crippen LogP contribution >= 0.6 is 11.8 Å². The molecule has 1 aromatic carbocycles. The van der Waals surface area contributed by atoms with Gasteiger partial charge in [0.2, 0.25) is 5.91 Å². The number of anilines is 1. The first-order chi connectivity index (χ1) is 13.9. The summed E-state index contributed by atoms with van der Waals surface area (Å²) in [6.07, 6.45) is 2.30. The summed E-state index contributed by atoms with van der Waals surface area (Å²) in [5.74, 6) is -0.286. The molecule has 0 spiro atoms. The molecule has 0 radical (unpaired) electrons. The number of nitrogens with one attached hydrogen (secondary N) is 1. The molecule has 154 valence electrons. The third-order valence-electron chi connectivity index (χ3n) is 4.77. The molecule has 1 fully saturated rings. The van der Waals surface area contributed by atoms with Gasteiger partial charge in [0, 0.05) is 18.4 Å². The van der Waals surface area contributed by atoms with Gasteiger partial charge in [-0.25, -0.2) is 4.79 Å². The maximum absolute atomic E-state index is 12.6. The minimum absolute atomic E-state index is 0.254. The van der Waals surface area contributed by atoms with Crippen molar-refractivity contribution in [1.29, 1.82) is 0 Å². The quantitative estimate of drug-likeness (QED) is 0.727. The molecule has 2 amide bonds. The Labute approximate surface area is 173 Å². The lowest BCUT2D eigenvalue weighted by molar-refractivity contribution is -0.155. The predicted octanol–water partition coefficient (Wildman–Crippen LogP) is 3.29. The number of amides is 2. The molecule has 1 N–H and O–H groups in total. The molecular weight excluding hydrogens is 392 g/mol. The molecule has 1 saturated heterocycles. The highest BCUT2D eigenvalue weighted by molar-refractivity contribution is 7.99. The first-order valence-corrected chi connectivity index (χ1v) is 10.5. The van der Waals surface area contributed by atoms with Gasteiger partial charge in [-0.1, -0.05) is 25.1 Å². The van der Waals surface area contributed by atoms with E-state index < -0.39 is 24.5 Å². The number of esters is 1. The fraction of sp³-hybridized carbons (Fsp3) is 0.381. The van der Waals surface area contributed by atoms with E-state index in [1.165, 1.54) is 29.8 Å². The first-order valence-electron chi connectivity index (χ1n) is 9.41. The largest absolute Gasteiger partial charge is 0.466 e. The molecule has 3 rings (SSSR count). The number of para-hydroxylation sites is 1. The van der Waals surface area contributed by atoms with Crippen LogP contribution in [-0.4, -0.2) is 41.1 Å². The summed E-state index contributed by atoms with van der Waals surface area (Å²) in [7, 11) is 0. The van der Waals surface area contributed by atoms with E-state index in [0.717, 1.165) is 23.2 Å². The van der Waals surface area contributed by atoms with Gasteiger partial charge in [0.25, 0.3) is 5.91 Å². The Balaban J connectivity index is 1.62. The number of aryl methyl sites for hydroxylation is 2. The van der Waals surface area contributed by atoms with E-state index in [1.807, 2.05) is 32.0 Å². The third-order valence-corrected chi connectivity index (χ3v) is 6.06. The van der Waals surface area contributed by atoms with Crippen molar-refractivity contribution in [3.05, 3.63) is 53.5 Å². The molecule has 0 saturated carbocycles. The molecule has 29 heavy (non-hydrogen) atoms. The Morgan fingerprint density at radius 1 is 1.28 bits per heavy atom. The zero-order valence-electron chi connectivity index (χ0n) is 16.6. The van der Waals surface area contributed by atoms with Crippen molar-refractivity contribution in [3.63, 3.8) is 0 Å². The highest BCUT2D eigenvalue weighted by atomic mass is 32.2. The van der Waals surface area contributed by atoms with Gasteiger partial charge in [0.15, 0.2) is 6.61 Å². The van der Waals surface area contributed by atoms with Crippen molar-refractivity contribution in [2.24, 2.45) is 0 Å². The molecular formula is C21H24N2O5S. The smallest absolute Gasteiger partial charge is 0.330 e. The van der Waals surface area contributed by atoms with E-state index >= 15 is 0 Å². The van der Waals surface area contributed by atoms with Crippen LogP contribution in [0.1, 0.15) is 36.1 Å². The minimum atomic E-state index is -0.759. The number of hydrogen-bond donors (Lipinski definition) is 1. The monoisotopic (exact) mass is 416 g/mol. The Bertz CT molecular complexity index is 896. The number of furan rings is 1. The van der Waals surface area contributed by atoms with E-state index in [9.17, 15) is 14.4 Å².